The van der Waals surface area contributed by atoms with Crippen LogP contribution >= 0.6 is 0 Å². The number of nitrogens with zero attached hydrogens (tertiary/aromatic N) is 5. The molecule has 1 saturated heterocycles. The third kappa shape index (κ3) is 4.65. The molecule has 0 atom stereocenters. The zero-order valence-corrected chi connectivity index (χ0v) is 21.1. The normalized spacial score (nSPS) is 14.1. The molecular formula is C28H30N8O. The molecular weight excluding hydrogens is 464 g/mol. The highest BCUT2D eigenvalue weighted by atomic mass is 16.2. The Kier molecular flexibility index (Phi) is 6.05. The molecule has 1 fully saturated rings. The van der Waals surface area contributed by atoms with Gasteiger partial charge in [-0.05, 0) is 69.3 Å². The summed E-state index contributed by atoms with van der Waals surface area (Å²) >= 11 is 0. The fourth-order valence-corrected chi connectivity index (χ4v) is 5.08. The van der Waals surface area contributed by atoms with Gasteiger partial charge >= 0.3 is 0 Å². The number of piperidine rings is 1. The number of carbonyl (C=O) groups excluding carboxylic acids is 1. The van der Waals surface area contributed by atoms with Crippen LogP contribution in [0.1, 0.15) is 19.3 Å². The van der Waals surface area contributed by atoms with Crippen molar-refractivity contribution >= 4 is 39.2 Å². The maximum absolute atomic E-state index is 12.2. The van der Waals surface area contributed by atoms with Gasteiger partial charge in [-0.15, -0.1) is 0 Å². The number of likely N-dealkylation sites (N-methyl/N-ethyl adjacent to an activating group) is 1. The molecule has 1 aliphatic heterocycles. The standard InChI is InChI=1S/C28H30N8O/c1-35(2)17-26(37)31-20-12-19(15-29-16-20)18-6-7-24-21(13-18)27(34-33-24)25-14-22-23(32-25)8-9-30-28(22)36-10-4-3-5-11-36/h6-9,12-16,32H,3-5,10-11,17H2,1-2H3,(H,31,37)(H,33,34). The van der Waals surface area contributed by atoms with E-state index in [0.717, 1.165) is 63.2 Å². The van der Waals surface area contributed by atoms with E-state index < -0.39 is 0 Å². The van der Waals surface area contributed by atoms with Gasteiger partial charge < -0.3 is 20.1 Å². The molecule has 1 aromatic carbocycles. The lowest BCUT2D eigenvalue weighted by atomic mass is 10.0. The smallest absolute Gasteiger partial charge is 0.238 e. The van der Waals surface area contributed by atoms with E-state index in [9.17, 15) is 4.79 Å². The summed E-state index contributed by atoms with van der Waals surface area (Å²) in [6.45, 7) is 2.40. The van der Waals surface area contributed by atoms with Crippen LogP contribution in [0, 0.1) is 0 Å². The topological polar surface area (TPSA) is 106 Å². The van der Waals surface area contributed by atoms with Crippen LogP contribution in [0.4, 0.5) is 11.5 Å². The molecule has 5 aromatic rings. The number of H-pyrrole nitrogens is 2. The van der Waals surface area contributed by atoms with Crippen molar-refractivity contribution in [2.24, 2.45) is 0 Å². The minimum Gasteiger partial charge on any atom is -0.356 e. The first-order chi connectivity index (χ1) is 18.0. The van der Waals surface area contributed by atoms with E-state index in [0.29, 0.717) is 12.2 Å². The Morgan fingerprint density at radius 2 is 1.86 bits per heavy atom. The highest BCUT2D eigenvalue weighted by molar-refractivity contribution is 6.00. The Labute approximate surface area is 214 Å². The van der Waals surface area contributed by atoms with Gasteiger partial charge in [0.15, 0.2) is 0 Å². The molecule has 0 radical (unpaired) electrons. The lowest BCUT2D eigenvalue weighted by Crippen LogP contribution is -2.30. The lowest BCUT2D eigenvalue weighted by Gasteiger charge is -2.28. The van der Waals surface area contributed by atoms with E-state index in [1.165, 1.54) is 19.3 Å². The van der Waals surface area contributed by atoms with E-state index in [4.69, 9.17) is 4.98 Å². The molecule has 0 saturated carbocycles. The minimum atomic E-state index is -0.0752. The molecule has 9 nitrogen and oxygen atoms in total. The molecule has 1 amide bonds. The predicted octanol–water partition coefficient (Wildman–Crippen LogP) is 4.66. The first-order valence-corrected chi connectivity index (χ1v) is 12.7. The highest BCUT2D eigenvalue weighted by Gasteiger charge is 2.18. The predicted molar refractivity (Wildman–Crippen MR) is 148 cm³/mol. The van der Waals surface area contributed by atoms with Crippen molar-refractivity contribution in [3.05, 3.63) is 55.0 Å². The summed E-state index contributed by atoms with van der Waals surface area (Å²) < 4.78 is 0. The summed E-state index contributed by atoms with van der Waals surface area (Å²) in [4.78, 5) is 29.1. The molecule has 3 N–H and O–H groups in total. The van der Waals surface area contributed by atoms with Gasteiger partial charge in [-0.3, -0.25) is 14.9 Å². The zero-order chi connectivity index (χ0) is 25.4. The second-order valence-electron chi connectivity index (χ2n) is 9.91. The fourth-order valence-electron chi connectivity index (χ4n) is 5.08. The van der Waals surface area contributed by atoms with E-state index in [1.54, 1.807) is 6.20 Å². The number of hydrogen-bond acceptors (Lipinski definition) is 6. The van der Waals surface area contributed by atoms with Gasteiger partial charge in [0.05, 0.1) is 35.2 Å². The summed E-state index contributed by atoms with van der Waals surface area (Å²) in [6.07, 6.45) is 9.05. The van der Waals surface area contributed by atoms with Crippen molar-refractivity contribution in [1.29, 1.82) is 0 Å². The van der Waals surface area contributed by atoms with Crippen molar-refractivity contribution in [2.75, 3.05) is 43.9 Å². The van der Waals surface area contributed by atoms with E-state index in [-0.39, 0.29) is 5.91 Å². The van der Waals surface area contributed by atoms with Crippen LogP contribution in [-0.4, -0.2) is 69.7 Å². The molecule has 188 valence electrons. The molecule has 4 aromatic heterocycles. The van der Waals surface area contributed by atoms with Gasteiger partial charge in [0, 0.05) is 41.8 Å². The second kappa shape index (κ2) is 9.67. The Balaban J connectivity index is 1.35. The van der Waals surface area contributed by atoms with Crippen LogP contribution in [0.2, 0.25) is 0 Å². The van der Waals surface area contributed by atoms with Crippen molar-refractivity contribution in [2.45, 2.75) is 19.3 Å². The molecule has 0 spiro atoms. The molecule has 0 bridgehead atoms. The quantitative estimate of drug-likeness (QED) is 0.317. The first-order valence-electron chi connectivity index (χ1n) is 12.7. The summed E-state index contributed by atoms with van der Waals surface area (Å²) in [5.41, 5.74) is 6.42. The van der Waals surface area contributed by atoms with Crippen LogP contribution in [0.15, 0.2) is 55.0 Å². The maximum Gasteiger partial charge on any atom is 0.238 e. The Bertz CT molecular complexity index is 1580. The van der Waals surface area contributed by atoms with Crippen LogP contribution < -0.4 is 10.2 Å². The van der Waals surface area contributed by atoms with Gasteiger partial charge in [-0.25, -0.2) is 4.98 Å². The lowest BCUT2D eigenvalue weighted by molar-refractivity contribution is -0.116. The average molecular weight is 495 g/mol. The number of carbonyl (C=O) groups is 1. The van der Waals surface area contributed by atoms with Gasteiger partial charge in [-0.2, -0.15) is 5.10 Å². The number of aromatic amines is 2. The average Bonchev–Trinajstić information content (AvgIpc) is 3.52. The Morgan fingerprint density at radius 1 is 1.00 bits per heavy atom. The van der Waals surface area contributed by atoms with Gasteiger partial charge in [-0.1, -0.05) is 6.07 Å². The number of nitrogens with one attached hydrogen (secondary N) is 3. The largest absolute Gasteiger partial charge is 0.356 e. The molecule has 6 rings (SSSR count). The van der Waals surface area contributed by atoms with Crippen molar-refractivity contribution in [3.63, 3.8) is 0 Å². The fraction of sp³-hybridized carbons (Fsp3) is 0.286. The third-order valence-electron chi connectivity index (χ3n) is 6.82. The number of amides is 1. The van der Waals surface area contributed by atoms with Crippen molar-refractivity contribution in [1.82, 2.24) is 30.0 Å². The maximum atomic E-state index is 12.2. The molecule has 37 heavy (non-hydrogen) atoms. The number of fused-ring (bicyclic) bond motifs is 2. The summed E-state index contributed by atoms with van der Waals surface area (Å²) in [5.74, 6) is 0.966. The van der Waals surface area contributed by atoms with E-state index in [1.807, 2.05) is 55.7 Å². The van der Waals surface area contributed by atoms with Crippen LogP contribution in [-0.2, 0) is 4.79 Å². The number of hydrogen-bond donors (Lipinski definition) is 3. The number of anilines is 2. The van der Waals surface area contributed by atoms with Crippen LogP contribution in [0.25, 0.3) is 44.3 Å². The van der Waals surface area contributed by atoms with Crippen molar-refractivity contribution in [3.8, 4) is 22.5 Å². The summed E-state index contributed by atoms with van der Waals surface area (Å²) in [7, 11) is 3.73. The van der Waals surface area contributed by atoms with Crippen LogP contribution in [0.3, 0.4) is 0 Å². The molecule has 1 aliphatic rings. The highest BCUT2D eigenvalue weighted by Crippen LogP contribution is 2.34. The summed E-state index contributed by atoms with van der Waals surface area (Å²) in [5, 5.41) is 12.9. The van der Waals surface area contributed by atoms with E-state index >= 15 is 0 Å². The minimum absolute atomic E-state index is 0.0752. The number of pyridine rings is 2. The van der Waals surface area contributed by atoms with Gasteiger partial charge in [0.25, 0.3) is 0 Å². The molecule has 0 aliphatic carbocycles. The van der Waals surface area contributed by atoms with Crippen molar-refractivity contribution < 1.29 is 4.79 Å². The van der Waals surface area contributed by atoms with E-state index in [2.05, 4.69) is 42.5 Å². The molecule has 0 unspecified atom stereocenters. The first kappa shape index (κ1) is 23.2. The number of rotatable bonds is 6. The zero-order valence-electron chi connectivity index (χ0n) is 21.1. The Hall–Kier alpha value is -4.24. The molecule has 5 heterocycles. The Morgan fingerprint density at radius 3 is 2.70 bits per heavy atom. The van der Waals surface area contributed by atoms with Gasteiger partial charge in [0.1, 0.15) is 11.5 Å². The second-order valence-corrected chi connectivity index (χ2v) is 9.91. The van der Waals surface area contributed by atoms with Crippen LogP contribution in [0.5, 0.6) is 0 Å². The number of aromatic nitrogens is 5. The SMILES string of the molecule is CN(C)CC(=O)Nc1cncc(-c2ccc3[nH]nc(-c4cc5c(N6CCCCC6)nccc5[nH]4)c3c2)c1. The summed E-state index contributed by atoms with van der Waals surface area (Å²) in [6, 6.07) is 12.3. The molecule has 9 heteroatoms. The monoisotopic (exact) mass is 494 g/mol. The van der Waals surface area contributed by atoms with Gasteiger partial charge in [0.2, 0.25) is 5.91 Å². The third-order valence-corrected chi connectivity index (χ3v) is 6.82. The number of benzene rings is 1.